The van der Waals surface area contributed by atoms with Gasteiger partial charge in [-0.05, 0) is 37.6 Å². The van der Waals surface area contributed by atoms with Gasteiger partial charge in [0, 0.05) is 43.6 Å². The van der Waals surface area contributed by atoms with Crippen LogP contribution in [0, 0.1) is 5.82 Å². The Balaban J connectivity index is 1.52. The van der Waals surface area contributed by atoms with Crippen molar-refractivity contribution in [2.24, 2.45) is 0 Å². The van der Waals surface area contributed by atoms with Gasteiger partial charge < -0.3 is 9.80 Å². The van der Waals surface area contributed by atoms with E-state index < -0.39 is 11.5 Å². The van der Waals surface area contributed by atoms with E-state index >= 15 is 0 Å². The van der Waals surface area contributed by atoms with Crippen molar-refractivity contribution in [3.05, 3.63) is 64.4 Å². The monoisotopic (exact) mass is 443 g/mol. The summed E-state index contributed by atoms with van der Waals surface area (Å²) in [6, 6.07) is 11.4. The van der Waals surface area contributed by atoms with E-state index in [9.17, 15) is 18.8 Å². The average Bonchev–Trinajstić information content (AvgIpc) is 3.05. The number of rotatable bonds is 5. The number of amides is 3. The predicted octanol–water partition coefficient (Wildman–Crippen LogP) is 3.83. The Kier molecular flexibility index (Phi) is 5.47. The van der Waals surface area contributed by atoms with E-state index in [0.717, 1.165) is 0 Å². The molecule has 162 valence electrons. The van der Waals surface area contributed by atoms with Crippen LogP contribution >= 0.6 is 11.6 Å². The second-order valence-electron chi connectivity index (χ2n) is 8.12. The molecule has 0 bridgehead atoms. The summed E-state index contributed by atoms with van der Waals surface area (Å²) in [5.74, 6) is -0.949. The predicted molar refractivity (Wildman–Crippen MR) is 115 cm³/mol. The molecule has 1 atom stereocenters. The highest BCUT2D eigenvalue weighted by molar-refractivity contribution is 6.31. The molecule has 6 nitrogen and oxygen atoms in total. The highest BCUT2D eigenvalue weighted by Gasteiger charge is 2.52. The summed E-state index contributed by atoms with van der Waals surface area (Å²) in [4.78, 5) is 43.3. The Morgan fingerprint density at radius 1 is 1.19 bits per heavy atom. The molecular weight excluding hydrogens is 421 g/mol. The fraction of sp³-hybridized carbons (Fsp3) is 0.348. The molecule has 4 rings (SSSR count). The summed E-state index contributed by atoms with van der Waals surface area (Å²) in [7, 11) is 1.57. The van der Waals surface area contributed by atoms with Gasteiger partial charge in [-0.2, -0.15) is 0 Å². The van der Waals surface area contributed by atoms with Crippen molar-refractivity contribution in [1.29, 1.82) is 0 Å². The molecule has 0 N–H and O–H groups in total. The van der Waals surface area contributed by atoms with Gasteiger partial charge in [-0.25, -0.2) is 4.39 Å². The van der Waals surface area contributed by atoms with Gasteiger partial charge in [0.25, 0.3) is 5.91 Å². The van der Waals surface area contributed by atoms with Crippen LogP contribution in [-0.4, -0.2) is 46.8 Å². The molecule has 0 aliphatic carbocycles. The van der Waals surface area contributed by atoms with Gasteiger partial charge in [-0.1, -0.05) is 29.8 Å². The molecule has 0 aromatic heterocycles. The SMILES string of the molecule is CN(Cc1c(F)cccc1Cl)C(=O)CCN1C(=O)c2ccccc2N2C(=O)CC[C@]12C. The Hall–Kier alpha value is -2.93. The molecule has 0 spiro atoms. The van der Waals surface area contributed by atoms with Crippen LogP contribution in [-0.2, 0) is 16.1 Å². The number of nitrogens with zero attached hydrogens (tertiary/aromatic N) is 3. The van der Waals surface area contributed by atoms with Crippen molar-refractivity contribution in [3.63, 3.8) is 0 Å². The quantitative estimate of drug-likeness (QED) is 0.705. The third kappa shape index (κ3) is 3.57. The molecule has 0 unspecified atom stereocenters. The molecule has 2 aliphatic heterocycles. The van der Waals surface area contributed by atoms with Crippen molar-refractivity contribution in [2.75, 3.05) is 18.5 Å². The number of carbonyl (C=O) groups excluding carboxylic acids is 3. The van der Waals surface area contributed by atoms with Gasteiger partial charge in [-0.3, -0.25) is 19.3 Å². The number of hydrogen-bond donors (Lipinski definition) is 0. The van der Waals surface area contributed by atoms with E-state index in [2.05, 4.69) is 0 Å². The minimum atomic E-state index is -0.809. The maximum atomic E-state index is 14.1. The number of benzene rings is 2. The van der Waals surface area contributed by atoms with Gasteiger partial charge in [0.15, 0.2) is 0 Å². The zero-order valence-corrected chi connectivity index (χ0v) is 18.2. The fourth-order valence-electron chi connectivity index (χ4n) is 4.45. The first kappa shape index (κ1) is 21.3. The first-order valence-electron chi connectivity index (χ1n) is 10.1. The molecule has 0 saturated carbocycles. The van der Waals surface area contributed by atoms with Gasteiger partial charge in [-0.15, -0.1) is 0 Å². The molecule has 2 aromatic rings. The maximum Gasteiger partial charge on any atom is 0.257 e. The minimum Gasteiger partial charge on any atom is -0.341 e. The van der Waals surface area contributed by atoms with E-state index in [4.69, 9.17) is 11.6 Å². The zero-order valence-electron chi connectivity index (χ0n) is 17.4. The van der Waals surface area contributed by atoms with Crippen LogP contribution < -0.4 is 4.90 Å². The lowest BCUT2D eigenvalue weighted by atomic mass is 9.98. The van der Waals surface area contributed by atoms with Crippen LogP contribution in [0.25, 0.3) is 0 Å². The molecule has 8 heteroatoms. The van der Waals surface area contributed by atoms with E-state index in [-0.39, 0.29) is 47.8 Å². The second kappa shape index (κ2) is 7.96. The van der Waals surface area contributed by atoms with Crippen LogP contribution in [0.1, 0.15) is 42.1 Å². The topological polar surface area (TPSA) is 60.9 Å². The molecule has 1 saturated heterocycles. The van der Waals surface area contributed by atoms with Crippen LogP contribution in [0.3, 0.4) is 0 Å². The van der Waals surface area contributed by atoms with Crippen molar-refractivity contribution in [3.8, 4) is 0 Å². The van der Waals surface area contributed by atoms with Crippen LogP contribution in [0.15, 0.2) is 42.5 Å². The number of carbonyl (C=O) groups is 3. The summed E-state index contributed by atoms with van der Waals surface area (Å²) >= 11 is 6.07. The van der Waals surface area contributed by atoms with Gasteiger partial charge in [0.2, 0.25) is 11.8 Å². The van der Waals surface area contributed by atoms with Crippen molar-refractivity contribution in [1.82, 2.24) is 9.80 Å². The van der Waals surface area contributed by atoms with E-state index in [0.29, 0.717) is 24.1 Å². The maximum absolute atomic E-state index is 14.1. The number of fused-ring (bicyclic) bond motifs is 3. The number of anilines is 1. The summed E-state index contributed by atoms with van der Waals surface area (Å²) in [5, 5.41) is 0.259. The van der Waals surface area contributed by atoms with Crippen LogP contribution in [0.2, 0.25) is 5.02 Å². The minimum absolute atomic E-state index is 0.0308. The Labute approximate surface area is 185 Å². The van der Waals surface area contributed by atoms with Crippen molar-refractivity contribution in [2.45, 2.75) is 38.4 Å². The molecule has 0 radical (unpaired) electrons. The van der Waals surface area contributed by atoms with Crippen LogP contribution in [0.5, 0.6) is 0 Å². The van der Waals surface area contributed by atoms with Crippen molar-refractivity contribution >= 4 is 35.0 Å². The molecule has 2 aromatic carbocycles. The van der Waals surface area contributed by atoms with Gasteiger partial charge >= 0.3 is 0 Å². The molecule has 2 aliphatic rings. The summed E-state index contributed by atoms with van der Waals surface area (Å²) < 4.78 is 14.1. The average molecular weight is 444 g/mol. The molecule has 31 heavy (non-hydrogen) atoms. The van der Waals surface area contributed by atoms with E-state index in [1.54, 1.807) is 47.2 Å². The third-order valence-electron chi connectivity index (χ3n) is 6.18. The second-order valence-corrected chi connectivity index (χ2v) is 8.53. The molecular formula is C23H23ClFN3O3. The Morgan fingerprint density at radius 2 is 1.94 bits per heavy atom. The van der Waals surface area contributed by atoms with E-state index in [1.807, 2.05) is 6.92 Å². The Bertz CT molecular complexity index is 1060. The smallest absolute Gasteiger partial charge is 0.257 e. The normalized spacial score (nSPS) is 20.0. The number of para-hydroxylation sites is 1. The number of hydrogen-bond acceptors (Lipinski definition) is 3. The molecule has 2 heterocycles. The van der Waals surface area contributed by atoms with Crippen LogP contribution in [0.4, 0.5) is 10.1 Å². The van der Waals surface area contributed by atoms with Crippen molar-refractivity contribution < 1.29 is 18.8 Å². The first-order valence-corrected chi connectivity index (χ1v) is 10.5. The molecule has 1 fully saturated rings. The highest BCUT2D eigenvalue weighted by atomic mass is 35.5. The first-order chi connectivity index (χ1) is 14.7. The largest absolute Gasteiger partial charge is 0.341 e. The standard InChI is InChI=1S/C23H23ClFN3O3/c1-23-12-10-21(30)28(23)19-9-4-3-6-15(19)22(31)27(23)13-11-20(29)26(2)14-16-17(24)7-5-8-18(16)25/h3-9H,10-14H2,1-2H3/t23-/m1/s1. The number of halogens is 2. The Morgan fingerprint density at radius 3 is 2.68 bits per heavy atom. The van der Waals surface area contributed by atoms with Gasteiger partial charge in [0.05, 0.1) is 11.3 Å². The fourth-order valence-corrected chi connectivity index (χ4v) is 4.67. The lowest BCUT2D eigenvalue weighted by molar-refractivity contribution is -0.130. The zero-order chi connectivity index (χ0) is 22.3. The van der Waals surface area contributed by atoms with E-state index in [1.165, 1.54) is 17.0 Å². The summed E-state index contributed by atoms with van der Waals surface area (Å²) in [6.07, 6.45) is 0.892. The highest BCUT2D eigenvalue weighted by Crippen LogP contribution is 2.44. The summed E-state index contributed by atoms with van der Waals surface area (Å²) in [5.41, 5.74) is 0.513. The lowest BCUT2D eigenvalue weighted by Crippen LogP contribution is -2.62. The van der Waals surface area contributed by atoms with Gasteiger partial charge in [0.1, 0.15) is 11.5 Å². The third-order valence-corrected chi connectivity index (χ3v) is 6.53. The lowest BCUT2D eigenvalue weighted by Gasteiger charge is -2.48. The molecule has 3 amide bonds. The summed E-state index contributed by atoms with van der Waals surface area (Å²) in [6.45, 7) is 2.05.